The van der Waals surface area contributed by atoms with Gasteiger partial charge in [0.1, 0.15) is 5.75 Å². The fourth-order valence-electron chi connectivity index (χ4n) is 4.94. The van der Waals surface area contributed by atoms with E-state index in [0.717, 1.165) is 59.8 Å². The summed E-state index contributed by atoms with van der Waals surface area (Å²) >= 11 is 0. The van der Waals surface area contributed by atoms with E-state index in [0.29, 0.717) is 29.7 Å². The van der Waals surface area contributed by atoms with Gasteiger partial charge in [-0.2, -0.15) is 0 Å². The van der Waals surface area contributed by atoms with Crippen molar-refractivity contribution in [3.8, 4) is 22.9 Å². The molecule has 8 nitrogen and oxygen atoms in total. The lowest BCUT2D eigenvalue weighted by molar-refractivity contribution is 0.466. The molecule has 4 aromatic rings. The Hall–Kier alpha value is -3.56. The van der Waals surface area contributed by atoms with Gasteiger partial charge in [-0.25, -0.2) is 23.4 Å². The number of hydrogen-bond acceptors (Lipinski definition) is 8. The molecule has 1 atom stereocenters. The summed E-state index contributed by atoms with van der Waals surface area (Å²) in [6.07, 6.45) is 7.14. The average Bonchev–Trinajstić information content (AvgIpc) is 2.94. The van der Waals surface area contributed by atoms with Crippen molar-refractivity contribution >= 4 is 26.6 Å². The molecule has 0 bridgehead atoms. The Labute approximate surface area is 230 Å². The summed E-state index contributed by atoms with van der Waals surface area (Å²) in [4.78, 5) is 13.7. The molecule has 1 aliphatic heterocycles. The Kier molecular flexibility index (Phi) is 8.38. The number of pyridine rings is 1. The monoisotopic (exact) mass is 545 g/mol. The van der Waals surface area contributed by atoms with Gasteiger partial charge in [-0.05, 0) is 67.4 Å². The largest absolute Gasteiger partial charge is 0.437 e. The first-order chi connectivity index (χ1) is 18.9. The van der Waals surface area contributed by atoms with Crippen molar-refractivity contribution in [2.75, 3.05) is 24.2 Å². The van der Waals surface area contributed by atoms with Crippen LogP contribution < -0.4 is 15.4 Å². The summed E-state index contributed by atoms with van der Waals surface area (Å²) in [5, 5.41) is 8.55. The maximum absolute atomic E-state index is 12.7. The molecule has 2 N–H and O–H groups in total. The van der Waals surface area contributed by atoms with Gasteiger partial charge in [0.25, 0.3) is 0 Å². The lowest BCUT2D eigenvalue weighted by Crippen LogP contribution is -2.38. The van der Waals surface area contributed by atoms with Gasteiger partial charge in [0.2, 0.25) is 11.8 Å². The van der Waals surface area contributed by atoms with Gasteiger partial charge in [0.15, 0.2) is 9.84 Å². The van der Waals surface area contributed by atoms with Crippen molar-refractivity contribution in [1.29, 1.82) is 0 Å². The highest BCUT2D eigenvalue weighted by Crippen LogP contribution is 2.37. The molecule has 5 rings (SSSR count). The van der Waals surface area contributed by atoms with Crippen LogP contribution in [0.15, 0.2) is 60.9 Å². The molecule has 2 aromatic heterocycles. The zero-order valence-corrected chi connectivity index (χ0v) is 23.3. The summed E-state index contributed by atoms with van der Waals surface area (Å²) in [6.45, 7) is 5.90. The van der Waals surface area contributed by atoms with Gasteiger partial charge in [0.05, 0.1) is 22.8 Å². The standard InChI is InChI=1S/C30H35N5O3S/c1-3-4-18-39(36,37)20-22-8-5-10-25-24(22)13-12-21(2)28(25)38-29-26(11-7-16-32-29)27-14-17-33-30(35-27)34-23-9-6-15-31-19-23/h5,7-8,10-14,16-17,23,31H,3-4,6,9,15,18-20H2,1-2H3,(H,33,34,35)/t23-/m0/s1. The summed E-state index contributed by atoms with van der Waals surface area (Å²) in [5.74, 6) is 1.86. The van der Waals surface area contributed by atoms with Crippen molar-refractivity contribution in [2.45, 2.75) is 51.3 Å². The fourth-order valence-corrected chi connectivity index (χ4v) is 6.54. The molecule has 0 saturated carbocycles. The minimum Gasteiger partial charge on any atom is -0.437 e. The average molecular weight is 546 g/mol. The SMILES string of the molecule is CCCCS(=O)(=O)Cc1cccc2c(Oc3ncccc3-c3ccnc(N[C@H]4CCCNC4)n3)c(C)ccc12. The molecule has 204 valence electrons. The predicted molar refractivity (Wildman–Crippen MR) is 156 cm³/mol. The van der Waals surface area contributed by atoms with Gasteiger partial charge in [0, 0.05) is 30.4 Å². The number of aryl methyl sites for hydroxylation is 1. The second-order valence-electron chi connectivity index (χ2n) is 10.1. The second kappa shape index (κ2) is 12.1. The highest BCUT2D eigenvalue weighted by molar-refractivity contribution is 7.90. The van der Waals surface area contributed by atoms with E-state index in [2.05, 4.69) is 20.6 Å². The molecular weight excluding hydrogens is 510 g/mol. The third-order valence-electron chi connectivity index (χ3n) is 7.02. The molecular formula is C30H35N5O3S. The Morgan fingerprint density at radius 1 is 1.05 bits per heavy atom. The molecule has 9 heteroatoms. The number of sulfone groups is 1. The Balaban J connectivity index is 1.47. The molecule has 0 aliphatic carbocycles. The zero-order chi connectivity index (χ0) is 27.2. The van der Waals surface area contributed by atoms with Crippen LogP contribution in [0.2, 0.25) is 0 Å². The van der Waals surface area contributed by atoms with Crippen LogP contribution in [0.25, 0.3) is 22.0 Å². The molecule has 0 radical (unpaired) electrons. The van der Waals surface area contributed by atoms with E-state index in [9.17, 15) is 8.42 Å². The predicted octanol–water partition coefficient (Wildman–Crippen LogP) is 5.67. The topological polar surface area (TPSA) is 106 Å². The maximum Gasteiger partial charge on any atom is 0.228 e. The van der Waals surface area contributed by atoms with Crippen LogP contribution in [0, 0.1) is 6.92 Å². The smallest absolute Gasteiger partial charge is 0.228 e. The summed E-state index contributed by atoms with van der Waals surface area (Å²) in [6, 6.07) is 15.6. The summed E-state index contributed by atoms with van der Waals surface area (Å²) in [7, 11) is -3.21. The summed E-state index contributed by atoms with van der Waals surface area (Å²) in [5.41, 5.74) is 3.16. The van der Waals surface area contributed by atoms with Crippen LogP contribution in [0.3, 0.4) is 0 Å². The van der Waals surface area contributed by atoms with E-state index in [1.54, 1.807) is 12.4 Å². The van der Waals surface area contributed by atoms with Gasteiger partial charge in [-0.3, -0.25) is 0 Å². The minimum absolute atomic E-state index is 0.00883. The van der Waals surface area contributed by atoms with E-state index in [4.69, 9.17) is 9.72 Å². The fraction of sp³-hybridized carbons (Fsp3) is 0.367. The van der Waals surface area contributed by atoms with Gasteiger partial charge < -0.3 is 15.4 Å². The number of anilines is 1. The lowest BCUT2D eigenvalue weighted by atomic mass is 10.0. The van der Waals surface area contributed by atoms with Gasteiger partial charge in [-0.1, -0.05) is 43.7 Å². The molecule has 0 amide bonds. The van der Waals surface area contributed by atoms with Crippen LogP contribution >= 0.6 is 0 Å². The highest BCUT2D eigenvalue weighted by atomic mass is 32.2. The molecule has 0 unspecified atom stereocenters. The van der Waals surface area contributed by atoms with E-state index in [-0.39, 0.29) is 17.5 Å². The number of rotatable bonds is 10. The molecule has 1 fully saturated rings. The first kappa shape index (κ1) is 27.0. The molecule has 1 saturated heterocycles. The Bertz CT molecular complexity index is 1550. The number of nitrogens with one attached hydrogen (secondary N) is 2. The summed E-state index contributed by atoms with van der Waals surface area (Å²) < 4.78 is 32.0. The normalized spacial score (nSPS) is 15.8. The number of nitrogens with zero attached hydrogens (tertiary/aromatic N) is 3. The van der Waals surface area contributed by atoms with Gasteiger partial charge >= 0.3 is 0 Å². The maximum atomic E-state index is 12.7. The first-order valence-electron chi connectivity index (χ1n) is 13.6. The number of aromatic nitrogens is 3. The van der Waals surface area contributed by atoms with E-state index >= 15 is 0 Å². The van der Waals surface area contributed by atoms with Crippen molar-refractivity contribution in [1.82, 2.24) is 20.3 Å². The number of hydrogen-bond donors (Lipinski definition) is 2. The van der Waals surface area contributed by atoms with Crippen LogP contribution in [0.1, 0.15) is 43.7 Å². The third kappa shape index (κ3) is 6.54. The zero-order valence-electron chi connectivity index (χ0n) is 22.5. The van der Waals surface area contributed by atoms with Crippen molar-refractivity contribution in [2.24, 2.45) is 0 Å². The number of unbranched alkanes of at least 4 members (excludes halogenated alkanes) is 1. The van der Waals surface area contributed by atoms with Crippen molar-refractivity contribution in [3.05, 3.63) is 72.1 Å². The lowest BCUT2D eigenvalue weighted by Gasteiger charge is -2.23. The molecule has 0 spiro atoms. The van der Waals surface area contributed by atoms with E-state index < -0.39 is 9.84 Å². The Morgan fingerprint density at radius 3 is 2.77 bits per heavy atom. The minimum atomic E-state index is -3.21. The van der Waals surface area contributed by atoms with Crippen LogP contribution in [0.5, 0.6) is 11.6 Å². The first-order valence-corrected chi connectivity index (χ1v) is 15.4. The van der Waals surface area contributed by atoms with E-state index in [1.165, 1.54) is 0 Å². The van der Waals surface area contributed by atoms with Crippen molar-refractivity contribution in [3.63, 3.8) is 0 Å². The van der Waals surface area contributed by atoms with Gasteiger partial charge in [-0.15, -0.1) is 0 Å². The number of piperidine rings is 1. The number of benzene rings is 2. The molecule has 39 heavy (non-hydrogen) atoms. The highest BCUT2D eigenvalue weighted by Gasteiger charge is 2.19. The van der Waals surface area contributed by atoms with E-state index in [1.807, 2.05) is 62.4 Å². The Morgan fingerprint density at radius 2 is 1.95 bits per heavy atom. The van der Waals surface area contributed by atoms with Crippen LogP contribution in [0.4, 0.5) is 5.95 Å². The second-order valence-corrected chi connectivity index (χ2v) is 12.3. The van der Waals surface area contributed by atoms with Crippen LogP contribution in [-0.4, -0.2) is 48.3 Å². The third-order valence-corrected chi connectivity index (χ3v) is 8.68. The quantitative estimate of drug-likeness (QED) is 0.263. The molecule has 3 heterocycles. The molecule has 2 aromatic carbocycles. The number of ether oxygens (including phenoxy) is 1. The molecule has 1 aliphatic rings. The number of fused-ring (bicyclic) bond motifs is 1. The van der Waals surface area contributed by atoms with Crippen molar-refractivity contribution < 1.29 is 13.2 Å². The van der Waals surface area contributed by atoms with Crippen LogP contribution in [-0.2, 0) is 15.6 Å².